The number of benzene rings is 2. The molecule has 2 aromatic heterocycles. The molecule has 0 bridgehead atoms. The molecule has 2 heterocycles. The highest BCUT2D eigenvalue weighted by atomic mass is 16.5. The summed E-state index contributed by atoms with van der Waals surface area (Å²) in [6.45, 7) is 0. The zero-order chi connectivity index (χ0) is 25.9. The Balaban J connectivity index is 1.25. The monoisotopic (exact) mass is 508 g/mol. The lowest BCUT2D eigenvalue weighted by molar-refractivity contribution is -0.120. The van der Waals surface area contributed by atoms with E-state index in [4.69, 9.17) is 15.5 Å². The Hall–Kier alpha value is -4.04. The number of fused-ring (bicyclic) bond motifs is 1. The molecule has 1 amide bonds. The molecule has 0 aliphatic heterocycles. The van der Waals surface area contributed by atoms with Gasteiger partial charge in [-0.2, -0.15) is 0 Å². The van der Waals surface area contributed by atoms with E-state index in [1.165, 1.54) is 0 Å². The van der Waals surface area contributed by atoms with Crippen molar-refractivity contribution in [3.8, 4) is 22.9 Å². The number of hydrogen-bond donors (Lipinski definition) is 3. The molecule has 0 unspecified atom stereocenters. The van der Waals surface area contributed by atoms with Gasteiger partial charge in [-0.15, -0.1) is 0 Å². The fraction of sp³-hybridized carbons (Fsp3) is 0.333. The minimum atomic E-state index is 0.0579. The van der Waals surface area contributed by atoms with E-state index in [1.54, 1.807) is 12.4 Å². The lowest BCUT2D eigenvalue weighted by atomic mass is 9.92. The summed E-state index contributed by atoms with van der Waals surface area (Å²) >= 11 is 0. The highest BCUT2D eigenvalue weighted by molar-refractivity contribution is 5.94. The van der Waals surface area contributed by atoms with Crippen molar-refractivity contribution in [3.63, 3.8) is 0 Å². The van der Waals surface area contributed by atoms with E-state index in [9.17, 15) is 4.79 Å². The van der Waals surface area contributed by atoms with E-state index in [-0.39, 0.29) is 5.91 Å². The zero-order valence-electron chi connectivity index (χ0n) is 21.3. The van der Waals surface area contributed by atoms with Crippen molar-refractivity contribution in [1.82, 2.24) is 20.3 Å². The summed E-state index contributed by atoms with van der Waals surface area (Å²) in [5.74, 6) is 1.79. The van der Waals surface area contributed by atoms with Crippen molar-refractivity contribution >= 4 is 22.6 Å². The Morgan fingerprint density at radius 1 is 0.868 bits per heavy atom. The van der Waals surface area contributed by atoms with Crippen LogP contribution in [0.2, 0.25) is 0 Å². The van der Waals surface area contributed by atoms with Crippen LogP contribution in [0.3, 0.4) is 0 Å². The third kappa shape index (κ3) is 5.60. The molecule has 0 saturated heterocycles. The molecule has 2 aliphatic rings. The maximum Gasteiger partial charge on any atom is 0.228 e. The lowest BCUT2D eigenvalue weighted by Crippen LogP contribution is -2.33. The Morgan fingerprint density at radius 3 is 2.47 bits per heavy atom. The summed E-state index contributed by atoms with van der Waals surface area (Å²) < 4.78 is 6.41. The molecule has 8 heteroatoms. The predicted octanol–water partition coefficient (Wildman–Crippen LogP) is 4.99. The van der Waals surface area contributed by atoms with Gasteiger partial charge >= 0.3 is 0 Å². The van der Waals surface area contributed by atoms with Crippen molar-refractivity contribution < 1.29 is 9.53 Å². The second-order valence-corrected chi connectivity index (χ2v) is 10.3. The molecule has 2 saturated carbocycles. The van der Waals surface area contributed by atoms with Gasteiger partial charge in [-0.3, -0.25) is 4.79 Å². The number of anilines is 1. The number of carbonyl (C=O) groups excluding carboxylic acids is 1. The van der Waals surface area contributed by atoms with Gasteiger partial charge in [0.2, 0.25) is 17.7 Å². The predicted molar refractivity (Wildman–Crippen MR) is 148 cm³/mol. The van der Waals surface area contributed by atoms with Crippen LogP contribution in [0, 0.1) is 0 Å². The Morgan fingerprint density at radius 2 is 1.66 bits per heavy atom. The van der Waals surface area contributed by atoms with Gasteiger partial charge in [-0.1, -0.05) is 30.3 Å². The lowest BCUT2D eigenvalue weighted by Gasteiger charge is -2.26. The van der Waals surface area contributed by atoms with Crippen molar-refractivity contribution in [3.05, 3.63) is 72.6 Å². The fourth-order valence-corrected chi connectivity index (χ4v) is 5.05. The molecule has 4 aromatic rings. The molecule has 0 radical (unpaired) electrons. The molecule has 194 valence electrons. The quantitative estimate of drug-likeness (QED) is 0.307. The van der Waals surface area contributed by atoms with Crippen LogP contribution in [-0.2, 0) is 11.2 Å². The molecule has 2 fully saturated rings. The number of amides is 1. The van der Waals surface area contributed by atoms with Crippen LogP contribution in [0.5, 0.6) is 11.6 Å². The average molecular weight is 509 g/mol. The molecule has 4 N–H and O–H groups in total. The van der Waals surface area contributed by atoms with Crippen molar-refractivity contribution in [2.75, 3.05) is 5.32 Å². The number of hydrogen-bond acceptors (Lipinski definition) is 7. The van der Waals surface area contributed by atoms with Gasteiger partial charge in [0.1, 0.15) is 5.75 Å². The molecular weight excluding hydrogens is 476 g/mol. The highest BCUT2D eigenvalue weighted by Gasteiger charge is 2.24. The SMILES string of the molecule is NC1CCC(Nc2nccc(-c3cccnc3Oc3ccc(CC(=O)NC4CC4)c4ccccc34)n2)CC1. The van der Waals surface area contributed by atoms with E-state index in [0.717, 1.165) is 66.1 Å². The molecular formula is C30H32N6O2. The van der Waals surface area contributed by atoms with Crippen LogP contribution in [0.15, 0.2) is 67.0 Å². The molecule has 2 aliphatic carbocycles. The first-order valence-electron chi connectivity index (χ1n) is 13.4. The number of aromatic nitrogens is 3. The van der Waals surface area contributed by atoms with Gasteiger partial charge in [0, 0.05) is 35.9 Å². The van der Waals surface area contributed by atoms with E-state index in [0.29, 0.717) is 42.1 Å². The number of carbonyl (C=O) groups is 1. The molecule has 0 spiro atoms. The first-order valence-corrected chi connectivity index (χ1v) is 13.4. The second-order valence-electron chi connectivity index (χ2n) is 10.3. The Bertz CT molecular complexity index is 1450. The van der Waals surface area contributed by atoms with Crippen LogP contribution >= 0.6 is 0 Å². The summed E-state index contributed by atoms with van der Waals surface area (Å²) in [6.07, 6.45) is 10.0. The van der Waals surface area contributed by atoms with E-state index < -0.39 is 0 Å². The zero-order valence-corrected chi connectivity index (χ0v) is 21.3. The summed E-state index contributed by atoms with van der Waals surface area (Å²) in [5.41, 5.74) is 8.54. The minimum Gasteiger partial charge on any atom is -0.438 e. The first-order chi connectivity index (χ1) is 18.6. The normalized spacial score (nSPS) is 19.2. The number of nitrogens with two attached hydrogens (primary N) is 1. The second kappa shape index (κ2) is 10.8. The van der Waals surface area contributed by atoms with E-state index in [1.807, 2.05) is 54.6 Å². The number of nitrogens with one attached hydrogen (secondary N) is 2. The summed E-state index contributed by atoms with van der Waals surface area (Å²) in [7, 11) is 0. The summed E-state index contributed by atoms with van der Waals surface area (Å²) in [6, 6.07) is 18.5. The average Bonchev–Trinajstić information content (AvgIpc) is 3.76. The molecule has 0 atom stereocenters. The number of pyridine rings is 1. The van der Waals surface area contributed by atoms with Crippen molar-refractivity contribution in [1.29, 1.82) is 0 Å². The number of rotatable bonds is 8. The standard InChI is InChI=1S/C30H32N6O2/c31-20-8-10-22(11-9-20)35-30-33-17-15-26(36-30)25-6-3-16-32-29(25)38-27-14-7-19(18-28(37)34-21-12-13-21)23-4-1-2-5-24(23)27/h1-7,14-17,20-22H,8-13,18,31H2,(H,34,37)(H,33,35,36). The number of ether oxygens (including phenoxy) is 1. The van der Waals surface area contributed by atoms with Crippen LogP contribution < -0.4 is 21.1 Å². The molecule has 38 heavy (non-hydrogen) atoms. The fourth-order valence-electron chi connectivity index (χ4n) is 5.05. The van der Waals surface area contributed by atoms with Crippen LogP contribution in [0.4, 0.5) is 5.95 Å². The van der Waals surface area contributed by atoms with Crippen LogP contribution in [-0.4, -0.2) is 39.0 Å². The molecule has 6 rings (SSSR count). The van der Waals surface area contributed by atoms with Crippen molar-refractivity contribution in [2.24, 2.45) is 5.73 Å². The number of nitrogens with zero attached hydrogens (tertiary/aromatic N) is 3. The van der Waals surface area contributed by atoms with Gasteiger partial charge < -0.3 is 21.1 Å². The third-order valence-electron chi connectivity index (χ3n) is 7.28. The maximum atomic E-state index is 12.5. The third-order valence-corrected chi connectivity index (χ3v) is 7.28. The largest absolute Gasteiger partial charge is 0.438 e. The summed E-state index contributed by atoms with van der Waals surface area (Å²) in [5, 5.41) is 8.47. The van der Waals surface area contributed by atoms with E-state index >= 15 is 0 Å². The van der Waals surface area contributed by atoms with E-state index in [2.05, 4.69) is 20.6 Å². The van der Waals surface area contributed by atoms with Gasteiger partial charge in [-0.05, 0) is 73.7 Å². The van der Waals surface area contributed by atoms with Gasteiger partial charge in [0.05, 0.1) is 17.7 Å². The van der Waals surface area contributed by atoms with Gasteiger partial charge in [0.15, 0.2) is 0 Å². The topological polar surface area (TPSA) is 115 Å². The maximum absolute atomic E-state index is 12.5. The van der Waals surface area contributed by atoms with Gasteiger partial charge in [0.25, 0.3) is 0 Å². The smallest absolute Gasteiger partial charge is 0.228 e. The first kappa shape index (κ1) is 24.3. The van der Waals surface area contributed by atoms with Crippen LogP contribution in [0.25, 0.3) is 22.0 Å². The Kier molecular flexibility index (Phi) is 6.88. The molecule has 8 nitrogen and oxygen atoms in total. The highest BCUT2D eigenvalue weighted by Crippen LogP contribution is 2.36. The Labute approximate surface area is 222 Å². The van der Waals surface area contributed by atoms with Gasteiger partial charge in [-0.25, -0.2) is 15.0 Å². The molecule has 2 aromatic carbocycles. The minimum absolute atomic E-state index is 0.0579. The van der Waals surface area contributed by atoms with Crippen molar-refractivity contribution in [2.45, 2.75) is 63.1 Å². The van der Waals surface area contributed by atoms with Crippen LogP contribution in [0.1, 0.15) is 44.1 Å². The summed E-state index contributed by atoms with van der Waals surface area (Å²) in [4.78, 5) is 26.2.